The molecule has 0 aliphatic carbocycles. The number of carbonyl (C=O) groups is 2. The summed E-state index contributed by atoms with van der Waals surface area (Å²) in [5.74, 6) is -0.560. The van der Waals surface area contributed by atoms with Crippen molar-refractivity contribution in [3.8, 4) is 0 Å². The standard InChI is InChI=1S/C12H15N3O3/c1-12(2,3)18-11(17)9-8-6-7(16)4-5-15(8)14-10(9)13/h4-5H,6H2,1-3H3,(H2,13,14). The first kappa shape index (κ1) is 12.3. The van der Waals surface area contributed by atoms with Crippen LogP contribution in [0.5, 0.6) is 0 Å². The molecule has 0 unspecified atom stereocenters. The second kappa shape index (κ2) is 3.97. The van der Waals surface area contributed by atoms with Gasteiger partial charge in [0, 0.05) is 6.20 Å². The predicted molar refractivity (Wildman–Crippen MR) is 65.8 cm³/mol. The highest BCUT2D eigenvalue weighted by molar-refractivity contribution is 6.01. The number of fused-ring (bicyclic) bond motifs is 1. The Morgan fingerprint density at radius 1 is 1.50 bits per heavy atom. The number of allylic oxidation sites excluding steroid dienone is 1. The maximum atomic E-state index is 12.0. The number of anilines is 1. The fourth-order valence-corrected chi connectivity index (χ4v) is 1.71. The van der Waals surface area contributed by atoms with Crippen LogP contribution < -0.4 is 5.73 Å². The van der Waals surface area contributed by atoms with Crippen LogP contribution in [0, 0.1) is 0 Å². The Balaban J connectivity index is 2.40. The zero-order chi connectivity index (χ0) is 13.5. The largest absolute Gasteiger partial charge is 0.456 e. The van der Waals surface area contributed by atoms with Crippen LogP contribution in [-0.2, 0) is 16.0 Å². The van der Waals surface area contributed by atoms with Crippen LogP contribution in [0.15, 0.2) is 6.08 Å². The van der Waals surface area contributed by atoms with Crippen molar-refractivity contribution in [2.24, 2.45) is 0 Å². The Kier molecular flexibility index (Phi) is 2.73. The second-order valence-electron chi connectivity index (χ2n) is 5.11. The Bertz CT molecular complexity index is 550. The van der Waals surface area contributed by atoms with E-state index >= 15 is 0 Å². The third kappa shape index (κ3) is 2.27. The summed E-state index contributed by atoms with van der Waals surface area (Å²) in [6.45, 7) is 5.30. The highest BCUT2D eigenvalue weighted by Gasteiger charge is 2.28. The lowest BCUT2D eigenvalue weighted by molar-refractivity contribution is -0.114. The monoisotopic (exact) mass is 249 g/mol. The number of hydrogen-bond donors (Lipinski definition) is 1. The molecule has 0 atom stereocenters. The first-order valence-electron chi connectivity index (χ1n) is 5.59. The number of hydrogen-bond acceptors (Lipinski definition) is 5. The van der Waals surface area contributed by atoms with Gasteiger partial charge in [-0.15, -0.1) is 0 Å². The summed E-state index contributed by atoms with van der Waals surface area (Å²) in [4.78, 5) is 23.4. The molecule has 2 rings (SSSR count). The molecule has 0 amide bonds. The highest BCUT2D eigenvalue weighted by Crippen LogP contribution is 2.23. The van der Waals surface area contributed by atoms with E-state index in [0.29, 0.717) is 5.69 Å². The van der Waals surface area contributed by atoms with E-state index in [1.807, 2.05) is 0 Å². The first-order valence-corrected chi connectivity index (χ1v) is 5.59. The molecule has 1 aromatic rings. The number of aromatic nitrogens is 2. The Morgan fingerprint density at radius 2 is 2.17 bits per heavy atom. The van der Waals surface area contributed by atoms with Crippen molar-refractivity contribution in [1.82, 2.24) is 9.78 Å². The van der Waals surface area contributed by atoms with E-state index < -0.39 is 11.6 Å². The van der Waals surface area contributed by atoms with Crippen molar-refractivity contribution < 1.29 is 14.3 Å². The highest BCUT2D eigenvalue weighted by atomic mass is 16.6. The molecule has 0 bridgehead atoms. The fourth-order valence-electron chi connectivity index (χ4n) is 1.71. The quantitative estimate of drug-likeness (QED) is 0.751. The summed E-state index contributed by atoms with van der Waals surface area (Å²) >= 11 is 0. The van der Waals surface area contributed by atoms with Gasteiger partial charge in [0.05, 0.1) is 12.1 Å². The second-order valence-corrected chi connectivity index (χ2v) is 5.11. The molecule has 0 aromatic carbocycles. The third-order valence-electron chi connectivity index (χ3n) is 2.38. The summed E-state index contributed by atoms with van der Waals surface area (Å²) in [5.41, 5.74) is 5.75. The van der Waals surface area contributed by atoms with Crippen molar-refractivity contribution in [2.75, 3.05) is 5.73 Å². The third-order valence-corrected chi connectivity index (χ3v) is 2.38. The van der Waals surface area contributed by atoms with Crippen molar-refractivity contribution >= 4 is 23.8 Å². The summed E-state index contributed by atoms with van der Waals surface area (Å²) in [6, 6.07) is 0. The molecular weight excluding hydrogens is 234 g/mol. The summed E-state index contributed by atoms with van der Waals surface area (Å²) in [7, 11) is 0. The zero-order valence-corrected chi connectivity index (χ0v) is 10.6. The van der Waals surface area contributed by atoms with Crippen LogP contribution in [0.25, 0.3) is 6.20 Å². The topological polar surface area (TPSA) is 87.2 Å². The van der Waals surface area contributed by atoms with E-state index in [2.05, 4.69) is 5.10 Å². The van der Waals surface area contributed by atoms with Crippen LogP contribution in [0.4, 0.5) is 5.82 Å². The molecule has 6 heteroatoms. The average molecular weight is 249 g/mol. The van der Waals surface area contributed by atoms with Gasteiger partial charge in [-0.05, 0) is 26.8 Å². The molecular formula is C12H15N3O3. The number of carbonyl (C=O) groups excluding carboxylic acids is 2. The molecule has 0 spiro atoms. The van der Waals surface area contributed by atoms with Crippen LogP contribution in [0.2, 0.25) is 0 Å². The van der Waals surface area contributed by atoms with E-state index in [-0.39, 0.29) is 23.6 Å². The lowest BCUT2D eigenvalue weighted by Crippen LogP contribution is -2.25. The predicted octanol–water partition coefficient (Wildman–Crippen LogP) is 1.02. The number of nitrogen functional groups attached to an aromatic ring is 1. The smallest absolute Gasteiger partial charge is 0.344 e. The number of esters is 1. The molecule has 96 valence electrons. The van der Waals surface area contributed by atoms with E-state index in [9.17, 15) is 9.59 Å². The SMILES string of the molecule is CC(C)(C)OC(=O)c1c(N)nn2c1CC(=O)C=C2. The minimum atomic E-state index is -0.618. The summed E-state index contributed by atoms with van der Waals surface area (Å²) in [5, 5.41) is 3.99. The van der Waals surface area contributed by atoms with E-state index in [4.69, 9.17) is 10.5 Å². The van der Waals surface area contributed by atoms with Gasteiger partial charge in [0.15, 0.2) is 11.6 Å². The van der Waals surface area contributed by atoms with Gasteiger partial charge in [0.25, 0.3) is 0 Å². The molecule has 0 radical (unpaired) electrons. The molecule has 18 heavy (non-hydrogen) atoms. The molecule has 1 aliphatic heterocycles. The molecule has 0 saturated carbocycles. The maximum Gasteiger partial charge on any atom is 0.344 e. The van der Waals surface area contributed by atoms with Gasteiger partial charge in [-0.1, -0.05) is 0 Å². The van der Waals surface area contributed by atoms with Crippen molar-refractivity contribution in [1.29, 1.82) is 0 Å². The maximum absolute atomic E-state index is 12.0. The van der Waals surface area contributed by atoms with Gasteiger partial charge >= 0.3 is 5.97 Å². The Labute approximate surface area is 104 Å². The minimum absolute atomic E-state index is 0.0820. The number of ether oxygens (including phenoxy) is 1. The molecule has 0 saturated heterocycles. The normalized spacial score (nSPS) is 14.5. The van der Waals surface area contributed by atoms with E-state index in [1.165, 1.54) is 17.0 Å². The Morgan fingerprint density at radius 3 is 2.78 bits per heavy atom. The van der Waals surface area contributed by atoms with E-state index in [0.717, 1.165) is 0 Å². The summed E-state index contributed by atoms with van der Waals surface area (Å²) in [6.07, 6.45) is 3.00. The van der Waals surface area contributed by atoms with Gasteiger partial charge in [0.2, 0.25) is 0 Å². The number of nitrogens with zero attached hydrogens (tertiary/aromatic N) is 2. The summed E-state index contributed by atoms with van der Waals surface area (Å²) < 4.78 is 6.70. The number of rotatable bonds is 1. The lowest BCUT2D eigenvalue weighted by Gasteiger charge is -2.19. The molecule has 2 N–H and O–H groups in total. The number of ketones is 1. The van der Waals surface area contributed by atoms with Crippen LogP contribution in [0.3, 0.4) is 0 Å². The van der Waals surface area contributed by atoms with Crippen molar-refractivity contribution in [2.45, 2.75) is 32.8 Å². The van der Waals surface area contributed by atoms with Gasteiger partial charge in [0.1, 0.15) is 11.2 Å². The first-order chi connectivity index (χ1) is 8.28. The van der Waals surface area contributed by atoms with Crippen LogP contribution >= 0.6 is 0 Å². The van der Waals surface area contributed by atoms with Gasteiger partial charge in [-0.3, -0.25) is 4.79 Å². The van der Waals surface area contributed by atoms with Crippen LogP contribution in [0.1, 0.15) is 36.8 Å². The molecule has 1 aliphatic rings. The molecule has 1 aromatic heterocycles. The molecule has 2 heterocycles. The van der Waals surface area contributed by atoms with Crippen molar-refractivity contribution in [3.05, 3.63) is 17.3 Å². The minimum Gasteiger partial charge on any atom is -0.456 e. The lowest BCUT2D eigenvalue weighted by atomic mass is 10.1. The molecule has 0 fully saturated rings. The Hall–Kier alpha value is -2.11. The van der Waals surface area contributed by atoms with Gasteiger partial charge in [-0.25, -0.2) is 9.48 Å². The molecule has 6 nitrogen and oxygen atoms in total. The fraction of sp³-hybridized carbons (Fsp3) is 0.417. The van der Waals surface area contributed by atoms with Gasteiger partial charge < -0.3 is 10.5 Å². The van der Waals surface area contributed by atoms with Crippen LogP contribution in [-0.4, -0.2) is 27.1 Å². The van der Waals surface area contributed by atoms with Crippen molar-refractivity contribution in [3.63, 3.8) is 0 Å². The van der Waals surface area contributed by atoms with Gasteiger partial charge in [-0.2, -0.15) is 5.10 Å². The average Bonchev–Trinajstić information content (AvgIpc) is 2.50. The number of nitrogens with two attached hydrogens (primary N) is 1. The van der Waals surface area contributed by atoms with E-state index in [1.54, 1.807) is 20.8 Å². The zero-order valence-electron chi connectivity index (χ0n) is 10.6.